The highest BCUT2D eigenvalue weighted by Crippen LogP contribution is 2.16. The maximum atomic E-state index is 9.34. The van der Waals surface area contributed by atoms with Crippen molar-refractivity contribution in [1.82, 2.24) is 15.0 Å². The Labute approximate surface area is 93.3 Å². The zero-order chi connectivity index (χ0) is 11.5. The topological polar surface area (TPSA) is 60.2 Å². The molecule has 1 heterocycles. The summed E-state index contributed by atoms with van der Waals surface area (Å²) in [4.78, 5) is 0. The molecule has 16 heavy (non-hydrogen) atoms. The summed E-state index contributed by atoms with van der Waals surface area (Å²) in [5, 5.41) is 17.1. The number of methoxy groups -OCH3 is 1. The molecule has 0 fully saturated rings. The average molecular weight is 219 g/mol. The van der Waals surface area contributed by atoms with E-state index in [0.29, 0.717) is 5.69 Å². The van der Waals surface area contributed by atoms with Crippen LogP contribution in [0.2, 0.25) is 0 Å². The molecule has 1 aromatic carbocycles. The predicted molar refractivity (Wildman–Crippen MR) is 58.5 cm³/mol. The molecule has 0 amide bonds. The fourth-order valence-corrected chi connectivity index (χ4v) is 1.35. The van der Waals surface area contributed by atoms with Gasteiger partial charge < -0.3 is 9.84 Å². The first-order valence-corrected chi connectivity index (χ1v) is 4.95. The van der Waals surface area contributed by atoms with Gasteiger partial charge >= 0.3 is 0 Å². The minimum absolute atomic E-state index is 0.544. The highest BCUT2D eigenvalue weighted by Gasteiger charge is 2.07. The lowest BCUT2D eigenvalue weighted by Gasteiger charge is -2.03. The third-order valence-electron chi connectivity index (χ3n) is 2.26. The maximum Gasteiger partial charge on any atom is 0.121 e. The number of nitrogens with zero attached hydrogens (tertiary/aromatic N) is 3. The number of hydrogen-bond donors (Lipinski definition) is 1. The van der Waals surface area contributed by atoms with Gasteiger partial charge in [0.25, 0.3) is 0 Å². The molecule has 84 valence electrons. The molecule has 0 bridgehead atoms. The molecule has 0 aliphatic rings. The number of aliphatic hydroxyl groups excluding tert-OH is 1. The number of benzene rings is 1. The highest BCUT2D eigenvalue weighted by atomic mass is 16.5. The minimum atomic E-state index is -0.612. The Balaban J connectivity index is 2.34. The van der Waals surface area contributed by atoms with Crippen LogP contribution in [-0.4, -0.2) is 27.2 Å². The van der Waals surface area contributed by atoms with Crippen molar-refractivity contribution in [3.8, 4) is 11.4 Å². The van der Waals surface area contributed by atoms with Crippen molar-refractivity contribution in [1.29, 1.82) is 0 Å². The second-order valence-corrected chi connectivity index (χ2v) is 3.47. The Morgan fingerprint density at radius 3 is 2.88 bits per heavy atom. The van der Waals surface area contributed by atoms with E-state index in [-0.39, 0.29) is 0 Å². The summed E-state index contributed by atoms with van der Waals surface area (Å²) in [6.07, 6.45) is 1.08. The second-order valence-electron chi connectivity index (χ2n) is 3.47. The number of aliphatic hydroxyl groups is 1. The van der Waals surface area contributed by atoms with Crippen LogP contribution >= 0.6 is 0 Å². The van der Waals surface area contributed by atoms with Crippen molar-refractivity contribution in [3.63, 3.8) is 0 Å². The molecule has 1 atom stereocenters. The molecule has 0 aliphatic heterocycles. The molecule has 1 N–H and O–H groups in total. The van der Waals surface area contributed by atoms with Gasteiger partial charge in [0.1, 0.15) is 11.4 Å². The Bertz CT molecular complexity index is 480. The molecule has 5 nitrogen and oxygen atoms in total. The molecular weight excluding hydrogens is 206 g/mol. The fraction of sp³-hybridized carbons (Fsp3) is 0.273. The van der Waals surface area contributed by atoms with E-state index in [1.165, 1.54) is 0 Å². The zero-order valence-electron chi connectivity index (χ0n) is 9.16. The largest absolute Gasteiger partial charge is 0.497 e. The van der Waals surface area contributed by atoms with E-state index >= 15 is 0 Å². The van der Waals surface area contributed by atoms with E-state index in [0.717, 1.165) is 11.4 Å². The van der Waals surface area contributed by atoms with Crippen molar-refractivity contribution in [2.24, 2.45) is 0 Å². The molecule has 1 unspecified atom stereocenters. The monoisotopic (exact) mass is 219 g/mol. The fourth-order valence-electron chi connectivity index (χ4n) is 1.35. The molecule has 2 aromatic rings. The standard InChI is InChI=1S/C11H13N3O2/c1-8(15)11-7-14(13-12-11)9-4-3-5-10(6-9)16-2/h3-8,15H,1-2H3. The normalized spacial score (nSPS) is 12.4. The quantitative estimate of drug-likeness (QED) is 0.846. The van der Waals surface area contributed by atoms with Gasteiger partial charge in [0.15, 0.2) is 0 Å². The first-order valence-electron chi connectivity index (χ1n) is 4.95. The van der Waals surface area contributed by atoms with E-state index in [4.69, 9.17) is 4.74 Å². The average Bonchev–Trinajstić information content (AvgIpc) is 2.78. The maximum absolute atomic E-state index is 9.34. The van der Waals surface area contributed by atoms with Crippen molar-refractivity contribution >= 4 is 0 Å². The van der Waals surface area contributed by atoms with Gasteiger partial charge in [-0.15, -0.1) is 5.10 Å². The van der Waals surface area contributed by atoms with Crippen molar-refractivity contribution in [2.45, 2.75) is 13.0 Å². The summed E-state index contributed by atoms with van der Waals surface area (Å²) in [6.45, 7) is 1.65. The summed E-state index contributed by atoms with van der Waals surface area (Å²) in [6, 6.07) is 7.47. The number of rotatable bonds is 3. The van der Waals surface area contributed by atoms with Crippen LogP contribution in [0.3, 0.4) is 0 Å². The van der Waals surface area contributed by atoms with E-state index in [1.807, 2.05) is 24.3 Å². The van der Waals surface area contributed by atoms with Crippen LogP contribution < -0.4 is 4.74 Å². The Hall–Kier alpha value is -1.88. The molecular formula is C11H13N3O2. The summed E-state index contributed by atoms with van der Waals surface area (Å²) in [5.41, 5.74) is 1.39. The number of aromatic nitrogens is 3. The Morgan fingerprint density at radius 1 is 1.44 bits per heavy atom. The van der Waals surface area contributed by atoms with Gasteiger partial charge in [-0.2, -0.15) is 0 Å². The first kappa shape index (κ1) is 10.6. The zero-order valence-corrected chi connectivity index (χ0v) is 9.16. The van der Waals surface area contributed by atoms with Crippen LogP contribution in [0.5, 0.6) is 5.75 Å². The van der Waals surface area contributed by atoms with Gasteiger partial charge in [-0.25, -0.2) is 4.68 Å². The Kier molecular flexibility index (Phi) is 2.87. The first-order chi connectivity index (χ1) is 7.70. The van der Waals surface area contributed by atoms with Crippen molar-refractivity contribution < 1.29 is 9.84 Å². The summed E-state index contributed by atoms with van der Waals surface area (Å²) in [5.74, 6) is 0.756. The SMILES string of the molecule is COc1cccc(-n2cc(C(C)O)nn2)c1. The van der Waals surface area contributed by atoms with Crippen LogP contribution in [0.4, 0.5) is 0 Å². The second kappa shape index (κ2) is 4.32. The lowest BCUT2D eigenvalue weighted by Crippen LogP contribution is -1.95. The van der Waals surface area contributed by atoms with Gasteiger partial charge in [0.05, 0.1) is 25.1 Å². The molecule has 0 spiro atoms. The molecule has 1 aromatic heterocycles. The van der Waals surface area contributed by atoms with Crippen LogP contribution in [0.25, 0.3) is 5.69 Å². The molecule has 2 rings (SSSR count). The smallest absolute Gasteiger partial charge is 0.121 e. The minimum Gasteiger partial charge on any atom is -0.497 e. The summed E-state index contributed by atoms with van der Waals surface area (Å²) < 4.78 is 6.72. The summed E-state index contributed by atoms with van der Waals surface area (Å²) in [7, 11) is 1.61. The van der Waals surface area contributed by atoms with Gasteiger partial charge in [0, 0.05) is 6.07 Å². The third-order valence-corrected chi connectivity index (χ3v) is 2.26. The van der Waals surface area contributed by atoms with Gasteiger partial charge in [-0.1, -0.05) is 11.3 Å². The van der Waals surface area contributed by atoms with Gasteiger partial charge in [-0.3, -0.25) is 0 Å². The molecule has 0 saturated heterocycles. The van der Waals surface area contributed by atoms with Crippen molar-refractivity contribution in [2.75, 3.05) is 7.11 Å². The van der Waals surface area contributed by atoms with Crippen LogP contribution in [0.15, 0.2) is 30.5 Å². The number of hydrogen-bond acceptors (Lipinski definition) is 4. The van der Waals surface area contributed by atoms with Crippen LogP contribution in [0, 0.1) is 0 Å². The van der Waals surface area contributed by atoms with E-state index in [2.05, 4.69) is 10.3 Å². The van der Waals surface area contributed by atoms with Crippen LogP contribution in [0.1, 0.15) is 18.7 Å². The van der Waals surface area contributed by atoms with E-state index in [9.17, 15) is 5.11 Å². The highest BCUT2D eigenvalue weighted by molar-refractivity contribution is 5.38. The third kappa shape index (κ3) is 2.04. The van der Waals surface area contributed by atoms with E-state index in [1.54, 1.807) is 24.9 Å². The number of ether oxygens (including phenoxy) is 1. The summed E-state index contributed by atoms with van der Waals surface area (Å²) >= 11 is 0. The lowest BCUT2D eigenvalue weighted by molar-refractivity contribution is 0.194. The lowest BCUT2D eigenvalue weighted by atomic mass is 10.3. The van der Waals surface area contributed by atoms with Crippen molar-refractivity contribution in [3.05, 3.63) is 36.2 Å². The van der Waals surface area contributed by atoms with E-state index < -0.39 is 6.10 Å². The predicted octanol–water partition coefficient (Wildman–Crippen LogP) is 1.33. The van der Waals surface area contributed by atoms with Crippen LogP contribution in [-0.2, 0) is 0 Å². The molecule has 0 saturated carbocycles. The Morgan fingerprint density at radius 2 is 2.25 bits per heavy atom. The molecule has 5 heteroatoms. The van der Waals surface area contributed by atoms with Gasteiger partial charge in [0.2, 0.25) is 0 Å². The van der Waals surface area contributed by atoms with Gasteiger partial charge in [-0.05, 0) is 19.1 Å². The molecule has 0 radical (unpaired) electrons. The molecule has 0 aliphatic carbocycles.